The zero-order valence-electron chi connectivity index (χ0n) is 15.4. The lowest BCUT2D eigenvalue weighted by atomic mass is 10.1. The highest BCUT2D eigenvalue weighted by Crippen LogP contribution is 2.27. The minimum atomic E-state index is 0.410. The van der Waals surface area contributed by atoms with Crippen LogP contribution in [0, 0.1) is 0 Å². The fraction of sp³-hybridized carbons (Fsp3) is 0.100. The first kappa shape index (κ1) is 17.5. The highest BCUT2D eigenvalue weighted by Gasteiger charge is 2.08. The summed E-state index contributed by atoms with van der Waals surface area (Å²) in [6.45, 7) is 0. The average Bonchev–Trinajstić information content (AvgIpc) is 3.19. The number of nitrogens with one attached hydrogen (secondary N) is 1. The Labute approximate surface area is 161 Å². The number of benzene rings is 3. The van der Waals surface area contributed by atoms with E-state index in [1.807, 2.05) is 48.5 Å². The molecule has 0 fully saturated rings. The molecule has 0 atom stereocenters. The van der Waals surface area contributed by atoms with Crippen molar-refractivity contribution in [1.82, 2.24) is 20.3 Å². The summed E-state index contributed by atoms with van der Waals surface area (Å²) in [5.41, 5.74) is 1.72. The van der Waals surface area contributed by atoms with Gasteiger partial charge in [0.2, 0.25) is 0 Å². The van der Waals surface area contributed by atoms with Gasteiger partial charge >= 0.3 is 0 Å². The van der Waals surface area contributed by atoms with E-state index in [1.165, 1.54) is 4.79 Å². The first-order chi connectivity index (χ1) is 13.8. The van der Waals surface area contributed by atoms with Crippen molar-refractivity contribution in [3.63, 3.8) is 0 Å². The molecular weight excluding hydrogens is 356 g/mol. The Balaban J connectivity index is 1.60. The third-order valence-electron chi connectivity index (χ3n) is 4.21. The van der Waals surface area contributed by atoms with Crippen LogP contribution in [-0.2, 0) is 0 Å². The molecule has 1 aromatic heterocycles. The molecule has 8 heteroatoms. The van der Waals surface area contributed by atoms with Gasteiger partial charge in [-0.3, -0.25) is 0 Å². The van der Waals surface area contributed by atoms with Crippen LogP contribution < -0.4 is 14.8 Å². The highest BCUT2D eigenvalue weighted by molar-refractivity contribution is 5.94. The summed E-state index contributed by atoms with van der Waals surface area (Å²) in [7, 11) is 3.18. The van der Waals surface area contributed by atoms with Gasteiger partial charge in [0.15, 0.2) is 11.5 Å². The molecule has 8 nitrogen and oxygen atoms in total. The van der Waals surface area contributed by atoms with Gasteiger partial charge in [-0.25, -0.2) is 0 Å². The van der Waals surface area contributed by atoms with Crippen LogP contribution >= 0.6 is 0 Å². The van der Waals surface area contributed by atoms with Gasteiger partial charge in [0.05, 0.1) is 20.4 Å². The number of tetrazole rings is 1. The summed E-state index contributed by atoms with van der Waals surface area (Å²) in [6.07, 6.45) is 1.65. The zero-order valence-corrected chi connectivity index (χ0v) is 15.4. The Morgan fingerprint density at radius 1 is 0.964 bits per heavy atom. The molecule has 4 aromatic rings. The van der Waals surface area contributed by atoms with Crippen LogP contribution in [-0.4, -0.2) is 40.8 Å². The van der Waals surface area contributed by atoms with Crippen LogP contribution in [0.5, 0.6) is 11.5 Å². The summed E-state index contributed by atoms with van der Waals surface area (Å²) in [4.78, 5) is 1.33. The maximum Gasteiger partial charge on any atom is 0.269 e. The number of methoxy groups -OCH3 is 2. The molecule has 1 N–H and O–H groups in total. The fourth-order valence-corrected chi connectivity index (χ4v) is 2.84. The molecule has 0 spiro atoms. The molecule has 4 rings (SSSR count). The molecule has 1 heterocycles. The van der Waals surface area contributed by atoms with Gasteiger partial charge in [-0.1, -0.05) is 46.3 Å². The molecular formula is C20H18N6O2. The normalized spacial score (nSPS) is 11.1. The van der Waals surface area contributed by atoms with Crippen molar-refractivity contribution in [2.24, 2.45) is 5.10 Å². The smallest absolute Gasteiger partial charge is 0.269 e. The Kier molecular flexibility index (Phi) is 4.83. The minimum Gasteiger partial charge on any atom is -0.493 e. The van der Waals surface area contributed by atoms with Crippen LogP contribution in [0.2, 0.25) is 0 Å². The first-order valence-electron chi connectivity index (χ1n) is 8.58. The van der Waals surface area contributed by atoms with Gasteiger partial charge in [0.1, 0.15) is 0 Å². The van der Waals surface area contributed by atoms with Crippen molar-refractivity contribution in [1.29, 1.82) is 0 Å². The lowest BCUT2D eigenvalue weighted by molar-refractivity contribution is 0.355. The van der Waals surface area contributed by atoms with E-state index in [2.05, 4.69) is 38.1 Å². The number of aromatic nitrogens is 4. The van der Waals surface area contributed by atoms with E-state index in [9.17, 15) is 0 Å². The molecule has 140 valence electrons. The monoisotopic (exact) mass is 374 g/mol. The summed E-state index contributed by atoms with van der Waals surface area (Å²) in [5.74, 6) is 1.69. The Morgan fingerprint density at radius 2 is 1.79 bits per heavy atom. The molecule has 28 heavy (non-hydrogen) atoms. The third kappa shape index (κ3) is 3.48. The fourth-order valence-electron chi connectivity index (χ4n) is 2.84. The van der Waals surface area contributed by atoms with Crippen LogP contribution in [0.15, 0.2) is 65.8 Å². The molecule has 0 aliphatic carbocycles. The van der Waals surface area contributed by atoms with Crippen LogP contribution in [0.4, 0.5) is 11.6 Å². The summed E-state index contributed by atoms with van der Waals surface area (Å²) < 4.78 is 10.6. The van der Waals surface area contributed by atoms with E-state index in [1.54, 1.807) is 20.4 Å². The second-order valence-corrected chi connectivity index (χ2v) is 5.90. The number of rotatable bonds is 6. The largest absolute Gasteiger partial charge is 0.493 e. The standard InChI is InChI=1S/C20H18N6O2/c1-27-18-11-10-14(12-19(18)28-2)13-21-26-20(23-24-25-26)22-17-9-5-7-15-6-3-4-8-16(15)17/h3-13H,1-2H3,(H,22,23,25)/b21-13+. The highest BCUT2D eigenvalue weighted by atomic mass is 16.5. The topological polar surface area (TPSA) is 86.5 Å². The summed E-state index contributed by atoms with van der Waals surface area (Å²) >= 11 is 0. The van der Waals surface area contributed by atoms with Gasteiger partial charge in [0.25, 0.3) is 5.95 Å². The van der Waals surface area contributed by atoms with E-state index in [-0.39, 0.29) is 0 Å². The van der Waals surface area contributed by atoms with Crippen molar-refractivity contribution in [3.05, 3.63) is 66.2 Å². The first-order valence-corrected chi connectivity index (χ1v) is 8.58. The predicted molar refractivity (Wildman–Crippen MR) is 108 cm³/mol. The zero-order chi connectivity index (χ0) is 19.3. The summed E-state index contributed by atoms with van der Waals surface area (Å²) in [6, 6.07) is 19.6. The number of fused-ring (bicyclic) bond motifs is 1. The molecule has 0 saturated heterocycles. The van der Waals surface area contributed by atoms with E-state index < -0.39 is 0 Å². The Bertz CT molecular complexity index is 1130. The molecule has 0 unspecified atom stereocenters. The van der Waals surface area contributed by atoms with Gasteiger partial charge < -0.3 is 14.8 Å². The van der Waals surface area contributed by atoms with Crippen molar-refractivity contribution >= 4 is 28.6 Å². The van der Waals surface area contributed by atoms with Gasteiger partial charge in [-0.2, -0.15) is 5.10 Å². The van der Waals surface area contributed by atoms with E-state index in [0.717, 1.165) is 22.0 Å². The van der Waals surface area contributed by atoms with Crippen LogP contribution in [0.25, 0.3) is 10.8 Å². The number of hydrogen-bond donors (Lipinski definition) is 1. The SMILES string of the molecule is COc1ccc(/C=N/n2nnnc2Nc2cccc3ccccc23)cc1OC. The van der Waals surface area contributed by atoms with Crippen molar-refractivity contribution in [2.75, 3.05) is 19.5 Å². The van der Waals surface area contributed by atoms with Crippen molar-refractivity contribution < 1.29 is 9.47 Å². The molecule has 0 amide bonds. The lowest BCUT2D eigenvalue weighted by Crippen LogP contribution is -2.02. The molecule has 0 aliphatic rings. The van der Waals surface area contributed by atoms with E-state index in [4.69, 9.17) is 9.47 Å². The molecule has 0 bridgehead atoms. The predicted octanol–water partition coefficient (Wildman–Crippen LogP) is 3.47. The Hall–Kier alpha value is -3.94. The summed E-state index contributed by atoms with van der Waals surface area (Å²) in [5, 5.41) is 21.4. The Morgan fingerprint density at radius 3 is 2.64 bits per heavy atom. The maximum absolute atomic E-state index is 5.31. The number of hydrogen-bond acceptors (Lipinski definition) is 7. The molecule has 0 saturated carbocycles. The second-order valence-electron chi connectivity index (χ2n) is 5.90. The average molecular weight is 374 g/mol. The van der Waals surface area contributed by atoms with Gasteiger partial charge in [-0.05, 0) is 45.6 Å². The molecule has 0 radical (unpaired) electrons. The maximum atomic E-state index is 5.31. The quantitative estimate of drug-likeness (QED) is 0.520. The number of anilines is 2. The van der Waals surface area contributed by atoms with Gasteiger partial charge in [0, 0.05) is 11.1 Å². The van der Waals surface area contributed by atoms with Crippen molar-refractivity contribution in [2.45, 2.75) is 0 Å². The number of nitrogens with zero attached hydrogens (tertiary/aromatic N) is 5. The second kappa shape index (κ2) is 7.75. The van der Waals surface area contributed by atoms with Gasteiger partial charge in [-0.15, -0.1) is 0 Å². The van der Waals surface area contributed by atoms with Crippen molar-refractivity contribution in [3.8, 4) is 11.5 Å². The minimum absolute atomic E-state index is 0.410. The third-order valence-corrected chi connectivity index (χ3v) is 4.21. The van der Waals surface area contributed by atoms with E-state index >= 15 is 0 Å². The van der Waals surface area contributed by atoms with E-state index in [0.29, 0.717) is 17.4 Å². The molecule has 3 aromatic carbocycles. The molecule has 0 aliphatic heterocycles. The number of ether oxygens (including phenoxy) is 2. The van der Waals surface area contributed by atoms with Crippen LogP contribution in [0.3, 0.4) is 0 Å². The van der Waals surface area contributed by atoms with Crippen LogP contribution in [0.1, 0.15) is 5.56 Å². The lowest BCUT2D eigenvalue weighted by Gasteiger charge is -2.08.